The lowest BCUT2D eigenvalue weighted by atomic mass is 10.4. The van der Waals surface area contributed by atoms with E-state index in [1.165, 1.54) is 10.4 Å². The van der Waals surface area contributed by atoms with Crippen molar-refractivity contribution < 1.29 is 12.8 Å². The molecule has 0 fully saturated rings. The van der Waals surface area contributed by atoms with E-state index in [1.54, 1.807) is 19.1 Å². The predicted octanol–water partition coefficient (Wildman–Crippen LogP) is 1.98. The molecular formula is C13H22N2O3S. The smallest absolute Gasteiger partial charge is 0.276 e. The molecule has 5 nitrogen and oxygen atoms in total. The molecule has 1 aromatic rings. The van der Waals surface area contributed by atoms with Gasteiger partial charge in [-0.15, -0.1) is 6.58 Å². The topological polar surface area (TPSA) is 62.6 Å². The van der Waals surface area contributed by atoms with Gasteiger partial charge in [-0.25, -0.2) is 8.42 Å². The number of likely N-dealkylation sites (N-methyl/N-ethyl adjacent to an activating group) is 1. The van der Waals surface area contributed by atoms with E-state index < -0.39 is 10.0 Å². The molecule has 0 bridgehead atoms. The molecule has 108 valence electrons. The Balaban J connectivity index is 2.81. The fraction of sp³-hybridized carbons (Fsp3) is 0.538. The molecule has 0 spiro atoms. The number of hydrogen-bond donors (Lipinski definition) is 1. The summed E-state index contributed by atoms with van der Waals surface area (Å²) in [7, 11) is -3.56. The lowest BCUT2D eigenvalue weighted by Gasteiger charge is -2.16. The van der Waals surface area contributed by atoms with E-state index in [0.717, 1.165) is 13.0 Å². The van der Waals surface area contributed by atoms with Crippen LogP contribution in [0.2, 0.25) is 0 Å². The molecule has 0 saturated carbocycles. The SMILES string of the molecule is C=CCN(CC)S(=O)(=O)c1ccc(CNCCC)o1. The molecule has 0 amide bonds. The van der Waals surface area contributed by atoms with Crippen molar-refractivity contribution in [3.63, 3.8) is 0 Å². The summed E-state index contributed by atoms with van der Waals surface area (Å²) in [6, 6.07) is 3.20. The highest BCUT2D eigenvalue weighted by molar-refractivity contribution is 7.89. The molecule has 0 saturated heterocycles. The first-order valence-electron chi connectivity index (χ1n) is 6.46. The van der Waals surface area contributed by atoms with Crippen LogP contribution in [0.15, 0.2) is 34.3 Å². The lowest BCUT2D eigenvalue weighted by molar-refractivity contribution is 0.377. The molecule has 1 aromatic heterocycles. The zero-order valence-corrected chi connectivity index (χ0v) is 12.4. The van der Waals surface area contributed by atoms with Crippen molar-refractivity contribution in [2.45, 2.75) is 31.9 Å². The van der Waals surface area contributed by atoms with E-state index in [0.29, 0.717) is 18.8 Å². The third-order valence-electron chi connectivity index (χ3n) is 2.64. The van der Waals surface area contributed by atoms with Crippen LogP contribution in [0.1, 0.15) is 26.0 Å². The fourth-order valence-electron chi connectivity index (χ4n) is 1.65. The van der Waals surface area contributed by atoms with E-state index in [1.807, 2.05) is 0 Å². The minimum Gasteiger partial charge on any atom is -0.447 e. The van der Waals surface area contributed by atoms with Crippen molar-refractivity contribution in [2.75, 3.05) is 19.6 Å². The van der Waals surface area contributed by atoms with E-state index in [4.69, 9.17) is 4.42 Å². The Morgan fingerprint density at radius 1 is 1.42 bits per heavy atom. The van der Waals surface area contributed by atoms with E-state index in [2.05, 4.69) is 18.8 Å². The lowest BCUT2D eigenvalue weighted by Crippen LogP contribution is -2.30. The van der Waals surface area contributed by atoms with Crippen LogP contribution in [0, 0.1) is 0 Å². The molecule has 1 heterocycles. The fourth-order valence-corrected chi connectivity index (χ4v) is 3.00. The summed E-state index contributed by atoms with van der Waals surface area (Å²) < 4.78 is 31.2. The highest BCUT2D eigenvalue weighted by Crippen LogP contribution is 2.18. The molecule has 1 rings (SSSR count). The Labute approximate surface area is 115 Å². The summed E-state index contributed by atoms with van der Waals surface area (Å²) in [5, 5.41) is 3.16. The molecule has 1 N–H and O–H groups in total. The second kappa shape index (κ2) is 7.47. The Morgan fingerprint density at radius 2 is 2.16 bits per heavy atom. The molecule has 0 aliphatic heterocycles. The number of rotatable bonds is 9. The van der Waals surface area contributed by atoms with Gasteiger partial charge in [-0.1, -0.05) is 19.9 Å². The van der Waals surface area contributed by atoms with E-state index >= 15 is 0 Å². The zero-order chi connectivity index (χ0) is 14.3. The van der Waals surface area contributed by atoms with Gasteiger partial charge < -0.3 is 9.73 Å². The van der Waals surface area contributed by atoms with Crippen molar-refractivity contribution in [1.29, 1.82) is 0 Å². The Bertz CT molecular complexity index is 494. The predicted molar refractivity (Wildman–Crippen MR) is 75.3 cm³/mol. The number of nitrogens with one attached hydrogen (secondary N) is 1. The van der Waals surface area contributed by atoms with E-state index in [-0.39, 0.29) is 11.6 Å². The Morgan fingerprint density at radius 3 is 2.74 bits per heavy atom. The van der Waals surface area contributed by atoms with Crippen LogP contribution in [0.3, 0.4) is 0 Å². The van der Waals surface area contributed by atoms with Crippen LogP contribution in [0.25, 0.3) is 0 Å². The molecule has 0 atom stereocenters. The van der Waals surface area contributed by atoms with E-state index in [9.17, 15) is 8.42 Å². The highest BCUT2D eigenvalue weighted by Gasteiger charge is 2.25. The van der Waals surface area contributed by atoms with Gasteiger partial charge in [0.15, 0.2) is 0 Å². The first-order valence-corrected chi connectivity index (χ1v) is 7.90. The summed E-state index contributed by atoms with van der Waals surface area (Å²) in [5.41, 5.74) is 0. The van der Waals surface area contributed by atoms with Gasteiger partial charge in [0.25, 0.3) is 10.0 Å². The summed E-state index contributed by atoms with van der Waals surface area (Å²) in [4.78, 5) is 0. The highest BCUT2D eigenvalue weighted by atomic mass is 32.2. The quantitative estimate of drug-likeness (QED) is 0.557. The second-order valence-electron chi connectivity index (χ2n) is 4.14. The van der Waals surface area contributed by atoms with Gasteiger partial charge in [0, 0.05) is 13.1 Å². The van der Waals surface area contributed by atoms with Crippen molar-refractivity contribution in [1.82, 2.24) is 9.62 Å². The molecule has 6 heteroatoms. The van der Waals surface area contributed by atoms with Crippen molar-refractivity contribution in [3.05, 3.63) is 30.5 Å². The molecule has 0 aliphatic rings. The Kier molecular flexibility index (Phi) is 6.27. The van der Waals surface area contributed by atoms with Crippen molar-refractivity contribution in [3.8, 4) is 0 Å². The zero-order valence-electron chi connectivity index (χ0n) is 11.6. The number of furan rings is 1. The standard InChI is InChI=1S/C13H22N2O3S/c1-4-9-14-11-12-7-8-13(18-12)19(16,17)15(6-3)10-5-2/h5,7-8,14H,2,4,6,9-11H2,1,3H3. The summed E-state index contributed by atoms with van der Waals surface area (Å²) in [6.07, 6.45) is 2.59. The van der Waals surface area contributed by atoms with Gasteiger partial charge in [-0.2, -0.15) is 4.31 Å². The molecule has 19 heavy (non-hydrogen) atoms. The van der Waals surface area contributed by atoms with Crippen molar-refractivity contribution >= 4 is 10.0 Å². The maximum absolute atomic E-state index is 12.3. The van der Waals surface area contributed by atoms with Crippen LogP contribution in [0.5, 0.6) is 0 Å². The molecule has 0 aliphatic carbocycles. The average Bonchev–Trinajstić information content (AvgIpc) is 2.85. The van der Waals surface area contributed by atoms with Crippen LogP contribution < -0.4 is 5.32 Å². The van der Waals surface area contributed by atoms with Gasteiger partial charge in [0.2, 0.25) is 5.09 Å². The maximum atomic E-state index is 12.3. The normalized spacial score (nSPS) is 11.9. The molecule has 0 radical (unpaired) electrons. The first kappa shape index (κ1) is 15.9. The van der Waals surface area contributed by atoms with Crippen molar-refractivity contribution in [2.24, 2.45) is 0 Å². The van der Waals surface area contributed by atoms with Crippen LogP contribution in [-0.2, 0) is 16.6 Å². The monoisotopic (exact) mass is 286 g/mol. The average molecular weight is 286 g/mol. The van der Waals surface area contributed by atoms with Gasteiger partial charge in [-0.3, -0.25) is 0 Å². The van der Waals surface area contributed by atoms with Crippen LogP contribution >= 0.6 is 0 Å². The number of sulfonamides is 1. The summed E-state index contributed by atoms with van der Waals surface area (Å²) in [5.74, 6) is 0.627. The van der Waals surface area contributed by atoms with Gasteiger partial charge in [0.05, 0.1) is 6.54 Å². The molecule has 0 aromatic carbocycles. The van der Waals surface area contributed by atoms with Gasteiger partial charge in [0.1, 0.15) is 5.76 Å². The van der Waals surface area contributed by atoms with Gasteiger partial charge >= 0.3 is 0 Å². The van der Waals surface area contributed by atoms with Gasteiger partial charge in [-0.05, 0) is 25.1 Å². The summed E-state index contributed by atoms with van der Waals surface area (Å²) >= 11 is 0. The largest absolute Gasteiger partial charge is 0.447 e. The third-order valence-corrected chi connectivity index (χ3v) is 4.46. The first-order chi connectivity index (χ1) is 9.06. The maximum Gasteiger partial charge on any atom is 0.276 e. The number of nitrogens with zero attached hydrogens (tertiary/aromatic N) is 1. The second-order valence-corrected chi connectivity index (χ2v) is 6.01. The molecule has 0 unspecified atom stereocenters. The minimum absolute atomic E-state index is 0.00972. The number of hydrogen-bond acceptors (Lipinski definition) is 4. The molecular weight excluding hydrogens is 264 g/mol. The minimum atomic E-state index is -3.56. The van der Waals surface area contributed by atoms with Crippen LogP contribution in [0.4, 0.5) is 0 Å². The Hall–Kier alpha value is -1.11. The van der Waals surface area contributed by atoms with Crippen LogP contribution in [-0.4, -0.2) is 32.4 Å². The third kappa shape index (κ3) is 4.19. The summed E-state index contributed by atoms with van der Waals surface area (Å²) in [6.45, 7) is 9.50.